The number of nitrogens with one attached hydrogen (secondary N) is 4. The van der Waals surface area contributed by atoms with E-state index in [4.69, 9.17) is 28.9 Å². The van der Waals surface area contributed by atoms with Crippen LogP contribution in [0.5, 0.6) is 0 Å². The number of nitrogens with zero attached hydrogens (tertiary/aromatic N) is 4. The molecule has 0 radical (unpaired) electrons. The van der Waals surface area contributed by atoms with Crippen molar-refractivity contribution < 1.29 is 38.1 Å². The fourth-order valence-corrected chi connectivity index (χ4v) is 9.40. The Morgan fingerprint density at radius 3 is 2.08 bits per heavy atom. The molecule has 3 fully saturated rings. The minimum atomic E-state index is -0.886. The number of likely N-dealkylation sites (tertiary alicyclic amines) is 2. The van der Waals surface area contributed by atoms with Crippen LogP contribution < -0.4 is 10.6 Å². The van der Waals surface area contributed by atoms with Crippen LogP contribution in [0.15, 0.2) is 103 Å². The lowest BCUT2D eigenvalue weighted by Crippen LogP contribution is -2.45. The van der Waals surface area contributed by atoms with Gasteiger partial charge in [0.2, 0.25) is 0 Å². The molecule has 4 N–H and O–H groups in total. The van der Waals surface area contributed by atoms with E-state index in [0.29, 0.717) is 50.7 Å². The minimum Gasteiger partial charge on any atom is -0.453 e. The predicted octanol–water partition coefficient (Wildman–Crippen LogP) is 7.10. The summed E-state index contributed by atoms with van der Waals surface area (Å²) < 4.78 is 21.8. The third kappa shape index (κ3) is 9.10. The average molecular weight is 881 g/mol. The van der Waals surface area contributed by atoms with Gasteiger partial charge in [0.1, 0.15) is 24.0 Å². The summed E-state index contributed by atoms with van der Waals surface area (Å²) in [7, 11) is 2.55. The van der Waals surface area contributed by atoms with E-state index in [0.717, 1.165) is 69.4 Å². The molecule has 4 aromatic carbocycles. The molecule has 16 nitrogen and oxygen atoms in total. The van der Waals surface area contributed by atoms with Crippen LogP contribution in [0, 0.1) is 5.92 Å². The Hall–Kier alpha value is -6.88. The van der Waals surface area contributed by atoms with Crippen molar-refractivity contribution in [2.45, 2.75) is 56.1 Å². The number of amides is 3. The van der Waals surface area contributed by atoms with E-state index in [-0.39, 0.29) is 23.9 Å². The molecule has 65 heavy (non-hydrogen) atoms. The second kappa shape index (κ2) is 18.7. The third-order valence-corrected chi connectivity index (χ3v) is 12.8. The molecule has 5 heterocycles. The van der Waals surface area contributed by atoms with Gasteiger partial charge in [-0.05, 0) is 63.9 Å². The fraction of sp³-hybridized carbons (Fsp3) is 0.347. The van der Waals surface area contributed by atoms with Gasteiger partial charge in [0.15, 0.2) is 5.79 Å². The van der Waals surface area contributed by atoms with Gasteiger partial charge >= 0.3 is 12.2 Å². The molecular formula is C49H52N8O8. The summed E-state index contributed by atoms with van der Waals surface area (Å²) in [6, 6.07) is 28.3. The van der Waals surface area contributed by atoms with Crippen molar-refractivity contribution in [3.8, 4) is 33.6 Å². The van der Waals surface area contributed by atoms with Gasteiger partial charge in [0, 0.05) is 25.1 Å². The Morgan fingerprint density at radius 2 is 1.40 bits per heavy atom. The zero-order valence-corrected chi connectivity index (χ0v) is 36.5. The molecule has 9 rings (SSSR count). The van der Waals surface area contributed by atoms with E-state index in [1.165, 1.54) is 14.2 Å². The summed E-state index contributed by atoms with van der Waals surface area (Å²) in [4.78, 5) is 70.6. The molecule has 0 bridgehead atoms. The van der Waals surface area contributed by atoms with Gasteiger partial charge in [0.05, 0.1) is 75.9 Å². The summed E-state index contributed by atoms with van der Waals surface area (Å²) in [6.07, 6.45) is 5.20. The molecular weight excluding hydrogens is 829 g/mol. The number of methoxy groups -OCH3 is 2. The summed E-state index contributed by atoms with van der Waals surface area (Å²) in [5, 5.41) is 7.51. The number of carbonyl (C=O) groups excluding carboxylic acids is 4. The molecule has 3 saturated heterocycles. The van der Waals surface area contributed by atoms with Crippen LogP contribution in [-0.2, 0) is 28.5 Å². The quantitative estimate of drug-likeness (QED) is 0.0866. The zero-order chi connectivity index (χ0) is 45.1. The molecule has 5 atom stereocenters. The summed E-state index contributed by atoms with van der Waals surface area (Å²) in [5.41, 5.74) is 6.53. The first-order valence-electron chi connectivity index (χ1n) is 21.9. The van der Waals surface area contributed by atoms with Gasteiger partial charge in [-0.25, -0.2) is 19.6 Å². The number of hydrogen-bond acceptors (Lipinski definition) is 11. The first-order chi connectivity index (χ1) is 31.6. The smallest absolute Gasteiger partial charge is 0.407 e. The standard InChI is InChI=1S/C49H52N8O8/c1-30(40(28-58)54-47(60)62-2)27-56-29-49(64-20-21-65-49)24-42(56)45-51-25-38(52-45)32-13-11-31(12-14-32)34-15-16-36-23-37(18-17-35(36)22-34)39-26-50-44(53-39)41-10-7-19-57(41)46(59)43(55-48(61)63-3)33-8-5-4-6-9-33/h4-6,8-9,11-18,22-23,25-26,28,30,40-43H,7,10,19-21,24,27,29H2,1-3H3,(H,50,53)(H,51,52)(H,54,60)(H,55,61)/t30?,40?,41-,42-,43+/m0/s1. The first-order valence-corrected chi connectivity index (χ1v) is 21.9. The highest BCUT2D eigenvalue weighted by Gasteiger charge is 2.50. The predicted molar refractivity (Wildman–Crippen MR) is 241 cm³/mol. The van der Waals surface area contributed by atoms with Crippen LogP contribution >= 0.6 is 0 Å². The van der Waals surface area contributed by atoms with Gasteiger partial charge in [-0.15, -0.1) is 0 Å². The largest absolute Gasteiger partial charge is 0.453 e. The molecule has 3 aliphatic rings. The molecule has 336 valence electrons. The summed E-state index contributed by atoms with van der Waals surface area (Å²) in [5.74, 6) is 0.288. The highest BCUT2D eigenvalue weighted by Crippen LogP contribution is 2.43. The van der Waals surface area contributed by atoms with Crippen molar-refractivity contribution in [3.05, 3.63) is 121 Å². The van der Waals surface area contributed by atoms with Crippen molar-refractivity contribution in [3.63, 3.8) is 0 Å². The fourth-order valence-electron chi connectivity index (χ4n) is 9.40. The van der Waals surface area contributed by atoms with Gasteiger partial charge in [-0.3, -0.25) is 9.69 Å². The monoisotopic (exact) mass is 880 g/mol. The Balaban J connectivity index is 0.876. The van der Waals surface area contributed by atoms with Crippen molar-refractivity contribution >= 4 is 35.2 Å². The van der Waals surface area contributed by atoms with Crippen molar-refractivity contribution in [1.82, 2.24) is 40.4 Å². The summed E-state index contributed by atoms with van der Waals surface area (Å²) >= 11 is 0. The van der Waals surface area contributed by atoms with Crippen molar-refractivity contribution in [2.75, 3.05) is 47.1 Å². The molecule has 3 amide bonds. The van der Waals surface area contributed by atoms with E-state index in [9.17, 15) is 19.2 Å². The van der Waals surface area contributed by atoms with E-state index >= 15 is 0 Å². The van der Waals surface area contributed by atoms with Gasteiger partial charge in [0.25, 0.3) is 5.91 Å². The number of aromatic amines is 2. The Morgan fingerprint density at radius 1 is 0.800 bits per heavy atom. The molecule has 1 spiro atoms. The Bertz CT molecular complexity index is 2660. The molecule has 16 heteroatoms. The van der Waals surface area contributed by atoms with E-state index in [1.54, 1.807) is 4.90 Å². The lowest BCUT2D eigenvalue weighted by Gasteiger charge is -2.28. The lowest BCUT2D eigenvalue weighted by atomic mass is 9.98. The zero-order valence-electron chi connectivity index (χ0n) is 36.5. The van der Waals surface area contributed by atoms with Gasteiger partial charge < -0.3 is 49.2 Å². The van der Waals surface area contributed by atoms with E-state index < -0.39 is 30.1 Å². The Kier molecular flexibility index (Phi) is 12.5. The highest BCUT2D eigenvalue weighted by atomic mass is 16.7. The van der Waals surface area contributed by atoms with Crippen LogP contribution in [0.2, 0.25) is 0 Å². The van der Waals surface area contributed by atoms with Crippen molar-refractivity contribution in [1.29, 1.82) is 0 Å². The maximum Gasteiger partial charge on any atom is 0.407 e. The summed E-state index contributed by atoms with van der Waals surface area (Å²) in [6.45, 7) is 4.50. The van der Waals surface area contributed by atoms with Gasteiger partial charge in [-0.2, -0.15) is 0 Å². The second-order valence-electron chi connectivity index (χ2n) is 16.9. The number of H-pyrrole nitrogens is 2. The Labute approximate surface area is 376 Å². The number of ether oxygens (including phenoxy) is 4. The van der Waals surface area contributed by atoms with Gasteiger partial charge in [-0.1, -0.05) is 85.8 Å². The number of imidazole rings is 2. The topological polar surface area (TPSA) is 193 Å². The number of aldehydes is 1. The second-order valence-corrected chi connectivity index (χ2v) is 16.9. The average Bonchev–Trinajstić information content (AvgIpc) is 4.21. The molecule has 6 aromatic rings. The van der Waals surface area contributed by atoms with Crippen LogP contribution in [0.1, 0.15) is 61.5 Å². The number of fused-ring (bicyclic) bond motifs is 1. The molecule has 2 aromatic heterocycles. The highest BCUT2D eigenvalue weighted by molar-refractivity contribution is 5.91. The van der Waals surface area contributed by atoms with E-state index in [1.807, 2.05) is 49.6 Å². The molecule has 0 saturated carbocycles. The normalized spacial score (nSPS) is 19.5. The molecule has 0 aliphatic carbocycles. The molecule has 3 aliphatic heterocycles. The number of hydrogen-bond donors (Lipinski definition) is 4. The van der Waals surface area contributed by atoms with Crippen LogP contribution in [0.3, 0.4) is 0 Å². The number of alkyl carbamates (subject to hydrolysis) is 2. The maximum absolute atomic E-state index is 14.0. The van der Waals surface area contributed by atoms with Crippen molar-refractivity contribution in [2.24, 2.45) is 5.92 Å². The SMILES string of the molecule is COC(=O)NC(C=O)C(C)CN1CC2(C[C@H]1c1ncc(-c3ccc(-c4ccc5cc(-c6cnc([C@@H]7CCCN7C(=O)[C@H](NC(=O)OC)c7ccccc7)[nH]6)ccc5c4)cc3)[nH]1)OCCO2. The third-order valence-electron chi connectivity index (χ3n) is 12.8. The lowest BCUT2D eigenvalue weighted by molar-refractivity contribution is -0.146. The number of aromatic nitrogens is 4. The number of benzene rings is 4. The number of rotatable bonds is 13. The minimum absolute atomic E-state index is 0.160. The maximum atomic E-state index is 14.0. The van der Waals surface area contributed by atoms with E-state index in [2.05, 4.69) is 86.2 Å². The van der Waals surface area contributed by atoms with Crippen LogP contribution in [0.25, 0.3) is 44.4 Å². The van der Waals surface area contributed by atoms with Crippen LogP contribution in [0.4, 0.5) is 9.59 Å². The molecule has 2 unspecified atom stereocenters. The number of carbonyl (C=O) groups is 4. The first kappa shape index (κ1) is 43.4. The van der Waals surface area contributed by atoms with Crippen LogP contribution in [-0.4, -0.2) is 113 Å².